The average Bonchev–Trinajstić information content (AvgIpc) is 1.91. The molecule has 0 amide bonds. The molecular weight excluding hydrogens is 195 g/mol. The molecule has 0 spiro atoms. The fourth-order valence-corrected chi connectivity index (χ4v) is 1.50. The summed E-state index contributed by atoms with van der Waals surface area (Å²) in [6.07, 6.45) is 0. The van der Waals surface area contributed by atoms with E-state index in [1.54, 1.807) is 37.6 Å². The van der Waals surface area contributed by atoms with Crippen molar-refractivity contribution in [2.24, 2.45) is 0 Å². The summed E-state index contributed by atoms with van der Waals surface area (Å²) in [5.41, 5.74) is 0. The van der Waals surface area contributed by atoms with E-state index in [1.165, 1.54) is 0 Å². The molecule has 0 aliphatic carbocycles. The van der Waals surface area contributed by atoms with Gasteiger partial charge in [0.05, 0.1) is 0 Å². The van der Waals surface area contributed by atoms with Crippen molar-refractivity contribution < 1.29 is 9.09 Å². The lowest BCUT2D eigenvalue weighted by atomic mass is 10.3. The van der Waals surface area contributed by atoms with Gasteiger partial charge in [-0.2, -0.15) is 0 Å². The number of rotatable bonds is 2. The minimum atomic E-state index is -2.45. The quantitative estimate of drug-likeness (QED) is 0.692. The first-order valence-corrected chi connectivity index (χ1v) is 6.37. The number of hydrogen-bond acceptors (Lipinski definition) is 2. The van der Waals surface area contributed by atoms with Gasteiger partial charge in [0.15, 0.2) is 0 Å². The van der Waals surface area contributed by atoms with Crippen LogP contribution in [0.2, 0.25) is 5.02 Å². The first kappa shape index (κ1) is 9.63. The lowest BCUT2D eigenvalue weighted by Crippen LogP contribution is -1.87. The Labute approximate surface area is 77.0 Å². The second-order valence-electron chi connectivity index (χ2n) is 2.80. The van der Waals surface area contributed by atoms with Crippen LogP contribution in [0.3, 0.4) is 0 Å². The highest BCUT2D eigenvalue weighted by molar-refractivity contribution is 7.57. The fourth-order valence-electron chi connectivity index (χ4n) is 0.749. The van der Waals surface area contributed by atoms with Crippen molar-refractivity contribution >= 4 is 19.0 Å². The summed E-state index contributed by atoms with van der Waals surface area (Å²) in [5.74, 6) is 0.590. The van der Waals surface area contributed by atoms with E-state index < -0.39 is 7.37 Å². The molecule has 0 aromatic heterocycles. The average molecular weight is 205 g/mol. The van der Waals surface area contributed by atoms with Gasteiger partial charge in [-0.3, -0.25) is 4.57 Å². The monoisotopic (exact) mass is 204 g/mol. The topological polar surface area (TPSA) is 26.3 Å². The Morgan fingerprint density at radius 1 is 1.25 bits per heavy atom. The summed E-state index contributed by atoms with van der Waals surface area (Å²) in [6, 6.07) is 6.79. The van der Waals surface area contributed by atoms with Crippen LogP contribution in [0.1, 0.15) is 0 Å². The fraction of sp³-hybridized carbons (Fsp3) is 0.250. The molecule has 0 atom stereocenters. The van der Waals surface area contributed by atoms with E-state index in [2.05, 4.69) is 0 Å². The zero-order chi connectivity index (χ0) is 9.19. The maximum atomic E-state index is 11.2. The molecule has 0 aliphatic rings. The summed E-state index contributed by atoms with van der Waals surface area (Å²) in [6.45, 7) is 3.14. The van der Waals surface area contributed by atoms with Crippen molar-refractivity contribution in [2.45, 2.75) is 0 Å². The van der Waals surface area contributed by atoms with E-state index in [1.807, 2.05) is 0 Å². The van der Waals surface area contributed by atoms with E-state index in [-0.39, 0.29) is 0 Å². The summed E-state index contributed by atoms with van der Waals surface area (Å²) < 4.78 is 16.4. The van der Waals surface area contributed by atoms with E-state index in [0.29, 0.717) is 10.8 Å². The van der Waals surface area contributed by atoms with E-state index in [9.17, 15) is 4.57 Å². The molecule has 1 aromatic carbocycles. The van der Waals surface area contributed by atoms with Crippen LogP contribution < -0.4 is 4.52 Å². The predicted octanol–water partition coefficient (Wildman–Crippen LogP) is 3.26. The first-order chi connectivity index (χ1) is 5.47. The third kappa shape index (κ3) is 3.29. The summed E-state index contributed by atoms with van der Waals surface area (Å²) in [4.78, 5) is 0. The molecular formula is C8H10ClO2P. The van der Waals surface area contributed by atoms with Gasteiger partial charge >= 0.3 is 0 Å². The molecule has 0 unspecified atom stereocenters. The Bertz CT molecular complexity index is 301. The Kier molecular flexibility index (Phi) is 2.81. The van der Waals surface area contributed by atoms with Crippen LogP contribution in [-0.4, -0.2) is 13.3 Å². The molecule has 0 radical (unpaired) electrons. The summed E-state index contributed by atoms with van der Waals surface area (Å²) in [5, 5.41) is 0.643. The van der Waals surface area contributed by atoms with Gasteiger partial charge in [-0.25, -0.2) is 0 Å². The normalized spacial score (nSPS) is 11.2. The highest BCUT2D eigenvalue weighted by Gasteiger charge is 2.07. The van der Waals surface area contributed by atoms with Crippen LogP contribution in [0.5, 0.6) is 5.75 Å². The summed E-state index contributed by atoms with van der Waals surface area (Å²) in [7, 11) is -2.45. The number of halogens is 1. The zero-order valence-electron chi connectivity index (χ0n) is 6.95. The van der Waals surface area contributed by atoms with Crippen molar-refractivity contribution in [2.75, 3.05) is 13.3 Å². The highest BCUT2D eigenvalue weighted by Crippen LogP contribution is 2.38. The van der Waals surface area contributed by atoms with Crippen LogP contribution in [0.25, 0.3) is 0 Å². The number of benzene rings is 1. The molecule has 12 heavy (non-hydrogen) atoms. The van der Waals surface area contributed by atoms with Gasteiger partial charge in [0.25, 0.3) is 0 Å². The van der Waals surface area contributed by atoms with Gasteiger partial charge in [-0.1, -0.05) is 11.6 Å². The minimum absolute atomic E-state index is 0.590. The third-order valence-electron chi connectivity index (χ3n) is 1.14. The van der Waals surface area contributed by atoms with Crippen molar-refractivity contribution in [3.63, 3.8) is 0 Å². The van der Waals surface area contributed by atoms with Gasteiger partial charge in [0.2, 0.25) is 7.37 Å². The Hall–Kier alpha value is -0.460. The minimum Gasteiger partial charge on any atom is -0.443 e. The smallest absolute Gasteiger partial charge is 0.242 e. The van der Waals surface area contributed by atoms with Crippen LogP contribution in [0.15, 0.2) is 24.3 Å². The third-order valence-corrected chi connectivity index (χ3v) is 2.04. The maximum Gasteiger partial charge on any atom is 0.242 e. The van der Waals surface area contributed by atoms with Crippen molar-refractivity contribution in [3.05, 3.63) is 29.3 Å². The lowest BCUT2D eigenvalue weighted by molar-refractivity contribution is 0.494. The standard InChI is InChI=1S/C8H10ClO2P/c1-12(2,10)11-8-5-3-7(9)4-6-8/h3-6H,1-2H3. The first-order valence-electron chi connectivity index (χ1n) is 3.47. The van der Waals surface area contributed by atoms with Crippen LogP contribution in [-0.2, 0) is 4.57 Å². The van der Waals surface area contributed by atoms with Crippen molar-refractivity contribution in [3.8, 4) is 5.75 Å². The van der Waals surface area contributed by atoms with Crippen molar-refractivity contribution in [1.82, 2.24) is 0 Å². The number of hydrogen-bond donors (Lipinski definition) is 0. The van der Waals surface area contributed by atoms with Crippen LogP contribution in [0, 0.1) is 0 Å². The second kappa shape index (κ2) is 3.51. The molecule has 1 aromatic rings. The molecule has 2 nitrogen and oxygen atoms in total. The van der Waals surface area contributed by atoms with E-state index in [4.69, 9.17) is 16.1 Å². The van der Waals surface area contributed by atoms with Crippen LogP contribution >= 0.6 is 19.0 Å². The zero-order valence-corrected chi connectivity index (χ0v) is 8.60. The lowest BCUT2D eigenvalue weighted by Gasteiger charge is -2.09. The van der Waals surface area contributed by atoms with Gasteiger partial charge in [-0.15, -0.1) is 0 Å². The molecule has 0 bridgehead atoms. The second-order valence-corrected chi connectivity index (χ2v) is 5.92. The van der Waals surface area contributed by atoms with E-state index >= 15 is 0 Å². The molecule has 0 aliphatic heterocycles. The molecule has 0 heterocycles. The van der Waals surface area contributed by atoms with Gasteiger partial charge < -0.3 is 4.52 Å². The molecule has 0 fully saturated rings. The Balaban J connectivity index is 2.78. The predicted molar refractivity (Wildman–Crippen MR) is 51.5 cm³/mol. The molecule has 0 saturated carbocycles. The SMILES string of the molecule is CP(C)(=O)Oc1ccc(Cl)cc1. The molecule has 66 valence electrons. The Morgan fingerprint density at radius 2 is 1.75 bits per heavy atom. The molecule has 0 saturated heterocycles. The summed E-state index contributed by atoms with van der Waals surface area (Å²) >= 11 is 5.66. The molecule has 1 rings (SSSR count). The molecule has 0 N–H and O–H groups in total. The van der Waals surface area contributed by atoms with E-state index in [0.717, 1.165) is 0 Å². The van der Waals surface area contributed by atoms with Gasteiger partial charge in [0.1, 0.15) is 5.75 Å². The largest absolute Gasteiger partial charge is 0.443 e. The highest BCUT2D eigenvalue weighted by atomic mass is 35.5. The maximum absolute atomic E-state index is 11.2. The van der Waals surface area contributed by atoms with Crippen LogP contribution in [0.4, 0.5) is 0 Å². The Morgan fingerprint density at radius 3 is 2.17 bits per heavy atom. The van der Waals surface area contributed by atoms with Gasteiger partial charge in [-0.05, 0) is 24.3 Å². The van der Waals surface area contributed by atoms with Gasteiger partial charge in [0, 0.05) is 18.4 Å². The molecule has 4 heteroatoms. The van der Waals surface area contributed by atoms with Crippen molar-refractivity contribution in [1.29, 1.82) is 0 Å².